The normalized spacial score (nSPS) is 53.4. The Balaban J connectivity index is 1.13. The lowest BCUT2D eigenvalue weighted by Gasteiger charge is -2.64. The number of ether oxygens (including phenoxy) is 3. The van der Waals surface area contributed by atoms with Gasteiger partial charge in [-0.3, -0.25) is 0 Å². The van der Waals surface area contributed by atoms with Crippen LogP contribution in [-0.2, 0) is 24.2 Å². The summed E-state index contributed by atoms with van der Waals surface area (Å²) in [4.78, 5) is 0. The van der Waals surface area contributed by atoms with Gasteiger partial charge in [0.2, 0.25) is 10.0 Å². The molecule has 0 aromatic rings. The summed E-state index contributed by atoms with van der Waals surface area (Å²) in [6.45, 7) is 16.0. The van der Waals surface area contributed by atoms with Crippen LogP contribution in [0.15, 0.2) is 0 Å². The molecule has 0 aromatic heterocycles. The molecule has 258 valence electrons. The zero-order valence-electron chi connectivity index (χ0n) is 28.8. The van der Waals surface area contributed by atoms with E-state index in [1.165, 1.54) is 23.4 Å². The van der Waals surface area contributed by atoms with Gasteiger partial charge in [-0.1, -0.05) is 34.6 Å². The highest BCUT2D eigenvalue weighted by molar-refractivity contribution is 7.88. The van der Waals surface area contributed by atoms with Crippen LogP contribution >= 0.6 is 0 Å². The highest BCUT2D eigenvalue weighted by Gasteiger charge is 2.84. The summed E-state index contributed by atoms with van der Waals surface area (Å²) in [7, 11) is -3.29. The third-order valence-corrected chi connectivity index (χ3v) is 16.9. The number of aliphatic hydroxyl groups is 3. The molecule has 2 aliphatic heterocycles. The van der Waals surface area contributed by atoms with Crippen molar-refractivity contribution in [1.82, 2.24) is 4.31 Å². The van der Waals surface area contributed by atoms with Crippen molar-refractivity contribution in [2.75, 3.05) is 26.0 Å². The number of morpholine rings is 1. The van der Waals surface area contributed by atoms with Crippen LogP contribution in [0, 0.1) is 50.7 Å². The van der Waals surface area contributed by atoms with Gasteiger partial charge < -0.3 is 29.5 Å². The van der Waals surface area contributed by atoms with Crippen molar-refractivity contribution in [2.45, 2.75) is 142 Å². The van der Waals surface area contributed by atoms with Crippen LogP contribution in [0.2, 0.25) is 0 Å². The van der Waals surface area contributed by atoms with Gasteiger partial charge >= 0.3 is 0 Å². The lowest BCUT2D eigenvalue weighted by molar-refractivity contribution is -0.243. The van der Waals surface area contributed by atoms with Gasteiger partial charge in [0.1, 0.15) is 6.10 Å². The molecule has 2 heterocycles. The molecule has 0 amide bonds. The van der Waals surface area contributed by atoms with Crippen LogP contribution in [0.5, 0.6) is 0 Å². The fourth-order valence-electron chi connectivity index (χ4n) is 13.4. The van der Waals surface area contributed by atoms with E-state index in [0.29, 0.717) is 31.4 Å². The molecule has 9 unspecified atom stereocenters. The number of sulfonamides is 1. The average molecular weight is 654 g/mol. The molecule has 7 aliphatic rings. The topological polar surface area (TPSA) is 126 Å². The van der Waals surface area contributed by atoms with Crippen molar-refractivity contribution < 1.29 is 37.9 Å². The van der Waals surface area contributed by atoms with E-state index in [-0.39, 0.29) is 57.7 Å². The Kier molecular flexibility index (Phi) is 7.46. The third-order valence-electron chi connectivity index (χ3n) is 15.6. The van der Waals surface area contributed by atoms with Crippen molar-refractivity contribution in [3.63, 3.8) is 0 Å². The smallest absolute Gasteiger partial charge is 0.211 e. The van der Waals surface area contributed by atoms with Crippen LogP contribution in [0.1, 0.15) is 99.8 Å². The zero-order chi connectivity index (χ0) is 32.8. The van der Waals surface area contributed by atoms with Gasteiger partial charge in [-0.15, -0.1) is 0 Å². The predicted molar refractivity (Wildman–Crippen MR) is 169 cm³/mol. The summed E-state index contributed by atoms with van der Waals surface area (Å²) in [5.41, 5.74) is -1.24. The summed E-state index contributed by atoms with van der Waals surface area (Å²) >= 11 is 0. The minimum atomic E-state index is -3.29. The molecule has 3 N–H and O–H groups in total. The fourth-order valence-corrected chi connectivity index (χ4v) is 14.2. The molecule has 0 radical (unpaired) electrons. The molecule has 5 aliphatic carbocycles. The quantitative estimate of drug-likeness (QED) is 0.408. The minimum absolute atomic E-state index is 0.00426. The first kappa shape index (κ1) is 33.2. The standard InChI is InChI=1S/C35H59NO8S/c1-20-17-21(28(37)31(4,5)39)43-27-26(20)32(6)13-14-35-19-34(35)12-11-24(44-25-18-36(15-16-42-25)45(8,40)41)30(2,3)22(34)9-10-23(35)33(32,7)29(27)38/h20-29,37-39H,9-19H2,1-8H3/t20-,21?,22+,23?,24?,25+,26?,27?,28?,29+,32?,33-,34?,35?/m1/s1. The SMILES string of the molecule is C[C@@H]1CC(C(O)C(C)(C)O)OC2C1C1(C)CCC34CC35CCC(O[C@H]3CN(S(C)(=O)=O)CCO3)C(C)(C)[C@@H]5CCC4[C@]1(C)[C@H]2O. The van der Waals surface area contributed by atoms with Crippen molar-refractivity contribution in [1.29, 1.82) is 0 Å². The minimum Gasteiger partial charge on any atom is -0.390 e. The Labute approximate surface area is 270 Å². The number of fused-ring (bicyclic) bond motifs is 4. The van der Waals surface area contributed by atoms with Crippen molar-refractivity contribution in [3.8, 4) is 0 Å². The number of rotatable bonds is 5. The molecule has 9 nitrogen and oxygen atoms in total. The van der Waals surface area contributed by atoms with E-state index in [0.717, 1.165) is 32.1 Å². The second-order valence-electron chi connectivity index (χ2n) is 18.2. The van der Waals surface area contributed by atoms with E-state index in [1.54, 1.807) is 13.8 Å². The third kappa shape index (κ3) is 4.37. The number of aliphatic hydroxyl groups excluding tert-OH is 2. The second-order valence-corrected chi connectivity index (χ2v) is 20.2. The Morgan fingerprint density at radius 1 is 1.02 bits per heavy atom. The molecule has 0 bridgehead atoms. The van der Waals surface area contributed by atoms with Gasteiger partial charge in [-0.2, -0.15) is 4.31 Å². The molecule has 7 fully saturated rings. The Bertz CT molecular complexity index is 1300. The average Bonchev–Trinajstić information content (AvgIpc) is 3.58. The fraction of sp³-hybridized carbons (Fsp3) is 1.00. The molecule has 7 rings (SSSR count). The van der Waals surface area contributed by atoms with Gasteiger partial charge in [-0.25, -0.2) is 8.42 Å². The monoisotopic (exact) mass is 653 g/mol. The first-order valence-corrected chi connectivity index (χ1v) is 19.5. The van der Waals surface area contributed by atoms with Crippen LogP contribution in [0.25, 0.3) is 0 Å². The van der Waals surface area contributed by atoms with E-state index >= 15 is 0 Å². The largest absolute Gasteiger partial charge is 0.390 e. The molecule has 2 saturated heterocycles. The van der Waals surface area contributed by atoms with Gasteiger partial charge in [-0.05, 0) is 111 Å². The summed E-state index contributed by atoms with van der Waals surface area (Å²) in [6, 6.07) is 0. The van der Waals surface area contributed by atoms with Crippen molar-refractivity contribution >= 4 is 10.0 Å². The van der Waals surface area contributed by atoms with E-state index in [9.17, 15) is 23.7 Å². The number of hydrogen-bond acceptors (Lipinski definition) is 8. The molecule has 14 atom stereocenters. The van der Waals surface area contributed by atoms with Gasteiger partial charge in [0, 0.05) is 12.0 Å². The highest BCUT2D eigenvalue weighted by atomic mass is 32.2. The molecular formula is C35H59NO8S. The maximum absolute atomic E-state index is 12.4. The number of hydrogen-bond donors (Lipinski definition) is 3. The van der Waals surface area contributed by atoms with E-state index in [1.807, 2.05) is 0 Å². The zero-order valence-corrected chi connectivity index (χ0v) is 29.6. The molecular weight excluding hydrogens is 594 g/mol. The molecule has 10 heteroatoms. The van der Waals surface area contributed by atoms with E-state index < -0.39 is 40.2 Å². The molecule has 5 saturated carbocycles. The van der Waals surface area contributed by atoms with Crippen LogP contribution < -0.4 is 0 Å². The van der Waals surface area contributed by atoms with E-state index in [2.05, 4.69) is 34.6 Å². The maximum atomic E-state index is 12.4. The first-order valence-electron chi connectivity index (χ1n) is 17.7. The van der Waals surface area contributed by atoms with Gasteiger partial charge in [0.25, 0.3) is 0 Å². The van der Waals surface area contributed by atoms with Crippen molar-refractivity contribution in [3.05, 3.63) is 0 Å². The highest BCUT2D eigenvalue weighted by Crippen LogP contribution is 2.89. The lowest BCUT2D eigenvalue weighted by atomic mass is 9.41. The summed E-state index contributed by atoms with van der Waals surface area (Å²) < 4.78 is 45.2. The summed E-state index contributed by atoms with van der Waals surface area (Å²) in [6.07, 6.45) is 6.68. The summed E-state index contributed by atoms with van der Waals surface area (Å²) in [5.74, 6) is 1.41. The van der Waals surface area contributed by atoms with Crippen molar-refractivity contribution in [2.24, 2.45) is 50.7 Å². The van der Waals surface area contributed by atoms with Gasteiger partial charge in [0.05, 0.1) is 49.4 Å². The maximum Gasteiger partial charge on any atom is 0.211 e. The Morgan fingerprint density at radius 3 is 2.36 bits per heavy atom. The van der Waals surface area contributed by atoms with Crippen LogP contribution in [0.4, 0.5) is 0 Å². The lowest BCUT2D eigenvalue weighted by Crippen LogP contribution is -2.60. The van der Waals surface area contributed by atoms with Gasteiger partial charge in [0.15, 0.2) is 6.29 Å². The predicted octanol–water partition coefficient (Wildman–Crippen LogP) is 3.93. The molecule has 45 heavy (non-hydrogen) atoms. The van der Waals surface area contributed by atoms with Crippen LogP contribution in [0.3, 0.4) is 0 Å². The Hall–Kier alpha value is -0.330. The molecule has 0 aromatic carbocycles. The first-order chi connectivity index (χ1) is 20.7. The number of nitrogens with zero attached hydrogens (tertiary/aromatic N) is 1. The van der Waals surface area contributed by atoms with E-state index in [4.69, 9.17) is 14.2 Å². The Morgan fingerprint density at radius 2 is 1.69 bits per heavy atom. The van der Waals surface area contributed by atoms with Crippen LogP contribution in [-0.4, -0.2) is 96.4 Å². The summed E-state index contributed by atoms with van der Waals surface area (Å²) in [5, 5.41) is 34.0. The molecule has 2 spiro atoms. The second kappa shape index (κ2) is 10.1.